The number of carbonyl (C=O) groups excluding carboxylic acids is 1. The molecular formula is C21H33N5O2S. The van der Waals surface area contributed by atoms with Gasteiger partial charge in [-0.05, 0) is 62.2 Å². The third-order valence-electron chi connectivity index (χ3n) is 4.94. The minimum atomic E-state index is -0.203. The normalized spacial score (nSPS) is 20.7. The van der Waals surface area contributed by atoms with Gasteiger partial charge in [-0.3, -0.25) is 4.90 Å². The van der Waals surface area contributed by atoms with Gasteiger partial charge in [0.05, 0.1) is 5.70 Å². The van der Waals surface area contributed by atoms with Crippen molar-refractivity contribution in [3.63, 3.8) is 0 Å². The van der Waals surface area contributed by atoms with Crippen LogP contribution in [0.4, 0.5) is 4.79 Å². The zero-order valence-electron chi connectivity index (χ0n) is 17.6. The van der Waals surface area contributed by atoms with Crippen molar-refractivity contribution in [3.8, 4) is 5.88 Å². The Kier molecular flexibility index (Phi) is 9.70. The molecule has 3 N–H and O–H groups in total. The molecule has 1 saturated carbocycles. The van der Waals surface area contributed by atoms with Crippen LogP contribution in [-0.4, -0.2) is 41.0 Å². The highest BCUT2D eigenvalue weighted by Crippen LogP contribution is 2.28. The van der Waals surface area contributed by atoms with Gasteiger partial charge in [-0.1, -0.05) is 25.8 Å². The monoisotopic (exact) mass is 419 g/mol. The first-order valence-corrected chi connectivity index (χ1v) is 11.1. The van der Waals surface area contributed by atoms with E-state index >= 15 is 0 Å². The van der Waals surface area contributed by atoms with Crippen LogP contribution in [0.3, 0.4) is 0 Å². The van der Waals surface area contributed by atoms with Crippen LogP contribution in [0.25, 0.3) is 0 Å². The summed E-state index contributed by atoms with van der Waals surface area (Å²) in [5.74, 6) is 1.99. The second kappa shape index (κ2) is 12.3. The lowest BCUT2D eigenvalue weighted by Crippen LogP contribution is -2.49. The molecule has 0 atom stereocenters. The topological polar surface area (TPSA) is 92.8 Å². The summed E-state index contributed by atoms with van der Waals surface area (Å²) in [5, 5.41) is 4.71. The second-order valence-electron chi connectivity index (χ2n) is 7.32. The minimum absolute atomic E-state index is 0.201. The highest BCUT2D eigenvalue weighted by atomic mass is 32.1. The SMILES string of the molecule is C\C=C/C(=C\COc1ccsn1)/N=C(\N)N(C[C@H]1CC[C@H](C)CC1)C(=O)NCC. The van der Waals surface area contributed by atoms with E-state index in [1.54, 1.807) is 4.90 Å². The lowest BCUT2D eigenvalue weighted by atomic mass is 9.83. The average molecular weight is 420 g/mol. The number of hydrogen-bond donors (Lipinski definition) is 2. The first-order chi connectivity index (χ1) is 14.0. The molecule has 0 bridgehead atoms. The van der Waals surface area contributed by atoms with Gasteiger partial charge in [0.1, 0.15) is 6.61 Å². The summed E-state index contributed by atoms with van der Waals surface area (Å²) in [6, 6.07) is 1.61. The van der Waals surface area contributed by atoms with Crippen LogP contribution in [0.15, 0.2) is 40.4 Å². The Morgan fingerprint density at radius 3 is 2.83 bits per heavy atom. The third kappa shape index (κ3) is 7.89. The van der Waals surface area contributed by atoms with Crippen molar-refractivity contribution in [3.05, 3.63) is 35.4 Å². The van der Waals surface area contributed by atoms with E-state index in [4.69, 9.17) is 10.5 Å². The van der Waals surface area contributed by atoms with E-state index in [-0.39, 0.29) is 12.0 Å². The number of aliphatic imine (C=N–C) groups is 1. The molecule has 7 nitrogen and oxygen atoms in total. The molecular weight excluding hydrogens is 386 g/mol. The van der Waals surface area contributed by atoms with Crippen LogP contribution in [0, 0.1) is 11.8 Å². The Hall–Kier alpha value is -2.35. The molecule has 1 heterocycles. The molecule has 2 amide bonds. The number of nitrogens with zero attached hydrogens (tertiary/aromatic N) is 3. The number of amides is 2. The summed E-state index contributed by atoms with van der Waals surface area (Å²) in [6.07, 6.45) is 10.2. The molecule has 1 aromatic heterocycles. The maximum atomic E-state index is 12.6. The molecule has 0 radical (unpaired) electrons. The molecule has 8 heteroatoms. The van der Waals surface area contributed by atoms with Gasteiger partial charge in [-0.25, -0.2) is 9.79 Å². The van der Waals surface area contributed by atoms with Crippen LogP contribution in [0.1, 0.15) is 46.5 Å². The van der Waals surface area contributed by atoms with E-state index in [0.717, 1.165) is 18.8 Å². The number of nitrogens with two attached hydrogens (primary N) is 1. The highest BCUT2D eigenvalue weighted by molar-refractivity contribution is 7.03. The minimum Gasteiger partial charge on any atom is -0.473 e. The van der Waals surface area contributed by atoms with Crippen molar-refractivity contribution in [1.82, 2.24) is 14.6 Å². The molecule has 29 heavy (non-hydrogen) atoms. The predicted octanol–water partition coefficient (Wildman–Crippen LogP) is 4.15. The molecule has 0 spiro atoms. The first kappa shape index (κ1) is 22.9. The van der Waals surface area contributed by atoms with Gasteiger partial charge in [0.15, 0.2) is 0 Å². The van der Waals surface area contributed by atoms with Crippen molar-refractivity contribution >= 4 is 23.5 Å². The summed E-state index contributed by atoms with van der Waals surface area (Å²) < 4.78 is 9.68. The summed E-state index contributed by atoms with van der Waals surface area (Å²) in [5.41, 5.74) is 6.93. The molecule has 1 fully saturated rings. The standard InChI is InChI=1S/C21H33N5O2S/c1-4-6-18(11-13-28-19-12-14-29-25-19)24-20(22)26(21(27)23-5-2)15-17-9-7-16(3)8-10-17/h4,6,11-12,14,16-17H,5,7-10,13,15H2,1-3H3,(H2,22,24)(H,23,27)/b6-4-,18-11+/t16-,17-. The summed E-state index contributed by atoms with van der Waals surface area (Å²) >= 11 is 1.34. The van der Waals surface area contributed by atoms with Crippen LogP contribution in [-0.2, 0) is 0 Å². The van der Waals surface area contributed by atoms with Crippen molar-refractivity contribution in [1.29, 1.82) is 0 Å². The zero-order valence-corrected chi connectivity index (χ0v) is 18.5. The highest BCUT2D eigenvalue weighted by Gasteiger charge is 2.25. The lowest BCUT2D eigenvalue weighted by Gasteiger charge is -2.31. The fourth-order valence-corrected chi connectivity index (χ4v) is 3.76. The molecule has 160 valence electrons. The van der Waals surface area contributed by atoms with E-state index in [0.29, 0.717) is 37.2 Å². The van der Waals surface area contributed by atoms with Gasteiger partial charge >= 0.3 is 6.03 Å². The predicted molar refractivity (Wildman–Crippen MR) is 119 cm³/mol. The maximum Gasteiger partial charge on any atom is 0.324 e. The molecule has 0 saturated heterocycles. The number of rotatable bonds is 8. The first-order valence-electron chi connectivity index (χ1n) is 10.3. The summed E-state index contributed by atoms with van der Waals surface area (Å²) in [7, 11) is 0. The fraction of sp³-hybridized carbons (Fsp3) is 0.571. The van der Waals surface area contributed by atoms with Crippen LogP contribution in [0.5, 0.6) is 5.88 Å². The van der Waals surface area contributed by atoms with Gasteiger partial charge in [0, 0.05) is 24.5 Å². The Labute approximate surface area is 177 Å². The summed E-state index contributed by atoms with van der Waals surface area (Å²) in [4.78, 5) is 18.7. The number of carbonyl (C=O) groups is 1. The number of aromatic nitrogens is 1. The summed E-state index contributed by atoms with van der Waals surface area (Å²) in [6.45, 7) is 7.55. The molecule has 0 unspecified atom stereocenters. The Balaban J connectivity index is 2.10. The Morgan fingerprint density at radius 2 is 2.21 bits per heavy atom. The van der Waals surface area contributed by atoms with Gasteiger partial charge < -0.3 is 15.8 Å². The van der Waals surface area contributed by atoms with E-state index < -0.39 is 0 Å². The number of guanidine groups is 1. The van der Waals surface area contributed by atoms with Gasteiger partial charge in [0.25, 0.3) is 0 Å². The van der Waals surface area contributed by atoms with Crippen molar-refractivity contribution < 1.29 is 9.53 Å². The zero-order chi connectivity index (χ0) is 21.1. The van der Waals surface area contributed by atoms with Crippen LogP contribution in [0.2, 0.25) is 0 Å². The van der Waals surface area contributed by atoms with Gasteiger partial charge in [-0.2, -0.15) is 4.37 Å². The largest absolute Gasteiger partial charge is 0.473 e. The van der Waals surface area contributed by atoms with E-state index in [9.17, 15) is 4.79 Å². The molecule has 2 rings (SSSR count). The fourth-order valence-electron chi connectivity index (χ4n) is 3.30. The van der Waals surface area contributed by atoms with Crippen molar-refractivity contribution in [2.24, 2.45) is 22.6 Å². The molecule has 0 aromatic carbocycles. The second-order valence-corrected chi connectivity index (χ2v) is 7.99. The molecule has 0 aliphatic heterocycles. The average Bonchev–Trinajstić information content (AvgIpc) is 3.21. The van der Waals surface area contributed by atoms with Crippen LogP contribution >= 0.6 is 11.5 Å². The van der Waals surface area contributed by atoms with E-state index in [1.807, 2.05) is 43.5 Å². The lowest BCUT2D eigenvalue weighted by molar-refractivity contribution is 0.202. The number of hydrogen-bond acceptors (Lipinski definition) is 5. The number of allylic oxidation sites excluding steroid dienone is 2. The molecule has 1 aromatic rings. The van der Waals surface area contributed by atoms with Crippen molar-refractivity contribution in [2.75, 3.05) is 19.7 Å². The molecule has 1 aliphatic rings. The van der Waals surface area contributed by atoms with E-state index in [1.165, 1.54) is 24.4 Å². The molecule has 1 aliphatic carbocycles. The number of urea groups is 1. The quantitative estimate of drug-likeness (QED) is 0.376. The maximum absolute atomic E-state index is 12.6. The number of nitrogens with one attached hydrogen (secondary N) is 1. The van der Waals surface area contributed by atoms with Crippen molar-refractivity contribution in [2.45, 2.75) is 46.5 Å². The van der Waals surface area contributed by atoms with Gasteiger partial charge in [-0.15, -0.1) is 0 Å². The van der Waals surface area contributed by atoms with Crippen LogP contribution < -0.4 is 15.8 Å². The third-order valence-corrected chi connectivity index (χ3v) is 5.49. The van der Waals surface area contributed by atoms with E-state index in [2.05, 4.69) is 21.6 Å². The smallest absolute Gasteiger partial charge is 0.324 e. The number of ether oxygens (including phenoxy) is 1. The Bertz CT molecular complexity index is 707. The Morgan fingerprint density at radius 1 is 1.45 bits per heavy atom. The van der Waals surface area contributed by atoms with Gasteiger partial charge in [0.2, 0.25) is 11.8 Å².